The highest BCUT2D eigenvalue weighted by Crippen LogP contribution is 2.27. The second kappa shape index (κ2) is 5.66. The zero-order chi connectivity index (χ0) is 12.1. The molecule has 1 fully saturated rings. The van der Waals surface area contributed by atoms with Crippen LogP contribution in [0.1, 0.15) is 32.1 Å². The van der Waals surface area contributed by atoms with E-state index in [0.29, 0.717) is 5.69 Å². The Kier molecular flexibility index (Phi) is 3.96. The third-order valence-electron chi connectivity index (χ3n) is 3.24. The Balaban J connectivity index is 2.21. The van der Waals surface area contributed by atoms with Gasteiger partial charge >= 0.3 is 6.09 Å². The SMILES string of the molecule is O=C(OF)N(c1ccccc1)C1CCCCC1. The Morgan fingerprint density at radius 3 is 2.41 bits per heavy atom. The van der Waals surface area contributed by atoms with Crippen LogP contribution in [0, 0.1) is 0 Å². The Bertz CT molecular complexity index is 363. The van der Waals surface area contributed by atoms with Gasteiger partial charge in [0.1, 0.15) is 0 Å². The standard InChI is InChI=1S/C13H16FNO2/c14-17-13(16)15(11-7-3-1-4-8-11)12-9-5-2-6-10-12/h1,3-4,7-8,12H,2,5-6,9-10H2. The van der Waals surface area contributed by atoms with Crippen LogP contribution in [-0.4, -0.2) is 12.1 Å². The van der Waals surface area contributed by atoms with E-state index in [9.17, 15) is 9.32 Å². The molecule has 0 aliphatic heterocycles. The van der Waals surface area contributed by atoms with Crippen molar-refractivity contribution < 1.29 is 14.3 Å². The summed E-state index contributed by atoms with van der Waals surface area (Å²) in [6, 6.07) is 9.17. The molecule has 0 saturated heterocycles. The summed E-state index contributed by atoms with van der Waals surface area (Å²) >= 11 is 0. The zero-order valence-corrected chi connectivity index (χ0v) is 9.64. The van der Waals surface area contributed by atoms with Crippen LogP contribution in [0.15, 0.2) is 30.3 Å². The Labute approximate surface area is 100 Å². The molecule has 3 nitrogen and oxygen atoms in total. The first-order chi connectivity index (χ1) is 8.33. The lowest BCUT2D eigenvalue weighted by atomic mass is 9.94. The fourth-order valence-corrected chi connectivity index (χ4v) is 2.43. The van der Waals surface area contributed by atoms with E-state index in [4.69, 9.17) is 0 Å². The highest BCUT2D eigenvalue weighted by atomic mass is 19.3. The summed E-state index contributed by atoms with van der Waals surface area (Å²) in [5.41, 5.74) is 0.696. The molecule has 1 aromatic rings. The molecule has 0 atom stereocenters. The van der Waals surface area contributed by atoms with Gasteiger partial charge in [-0.1, -0.05) is 37.5 Å². The molecule has 1 aromatic carbocycles. The van der Waals surface area contributed by atoms with Crippen molar-refractivity contribution in [3.8, 4) is 0 Å². The van der Waals surface area contributed by atoms with Gasteiger partial charge in [0, 0.05) is 16.3 Å². The van der Waals surface area contributed by atoms with Crippen LogP contribution in [0.5, 0.6) is 0 Å². The van der Waals surface area contributed by atoms with Crippen LogP contribution in [-0.2, 0) is 4.94 Å². The number of nitrogens with zero attached hydrogens (tertiary/aromatic N) is 1. The van der Waals surface area contributed by atoms with Gasteiger partial charge < -0.3 is 0 Å². The number of benzene rings is 1. The summed E-state index contributed by atoms with van der Waals surface area (Å²) in [7, 11) is 0. The van der Waals surface area contributed by atoms with E-state index < -0.39 is 6.09 Å². The number of anilines is 1. The smallest absolute Gasteiger partial charge is 0.272 e. The van der Waals surface area contributed by atoms with E-state index >= 15 is 0 Å². The molecule has 0 spiro atoms. The normalized spacial score (nSPS) is 16.5. The molecule has 0 N–H and O–H groups in total. The van der Waals surface area contributed by atoms with Crippen molar-refractivity contribution in [2.45, 2.75) is 38.1 Å². The quantitative estimate of drug-likeness (QED) is 0.782. The van der Waals surface area contributed by atoms with Gasteiger partial charge in [0.25, 0.3) is 0 Å². The Morgan fingerprint density at radius 1 is 1.18 bits per heavy atom. The van der Waals surface area contributed by atoms with Gasteiger partial charge in [-0.15, -0.1) is 0 Å². The molecule has 1 amide bonds. The maximum atomic E-state index is 12.2. The van der Waals surface area contributed by atoms with Crippen molar-refractivity contribution in [2.24, 2.45) is 0 Å². The first kappa shape index (κ1) is 11.9. The summed E-state index contributed by atoms with van der Waals surface area (Å²) in [6.45, 7) is 0. The molecule has 1 aliphatic rings. The Morgan fingerprint density at radius 2 is 1.82 bits per heavy atom. The first-order valence-corrected chi connectivity index (χ1v) is 6.00. The minimum absolute atomic E-state index is 0.0504. The summed E-state index contributed by atoms with van der Waals surface area (Å²) < 4.78 is 12.2. The minimum Gasteiger partial charge on any atom is -0.272 e. The summed E-state index contributed by atoms with van der Waals surface area (Å²) in [5, 5.41) is 0. The third kappa shape index (κ3) is 2.75. The summed E-state index contributed by atoms with van der Waals surface area (Å²) in [6.07, 6.45) is 4.24. The number of para-hydroxylation sites is 1. The first-order valence-electron chi connectivity index (χ1n) is 6.00. The average molecular weight is 237 g/mol. The van der Waals surface area contributed by atoms with Crippen LogP contribution in [0.25, 0.3) is 0 Å². The maximum Gasteiger partial charge on any atom is 0.451 e. The van der Waals surface area contributed by atoms with Crippen molar-refractivity contribution in [2.75, 3.05) is 4.90 Å². The van der Waals surface area contributed by atoms with Gasteiger partial charge in [0.05, 0.1) is 0 Å². The Hall–Kier alpha value is -1.58. The number of amides is 1. The van der Waals surface area contributed by atoms with Crippen molar-refractivity contribution in [3.63, 3.8) is 0 Å². The number of carbonyl (C=O) groups excluding carboxylic acids is 1. The number of halogens is 1. The van der Waals surface area contributed by atoms with Crippen LogP contribution in [0.2, 0.25) is 0 Å². The second-order valence-corrected chi connectivity index (χ2v) is 4.34. The molecule has 92 valence electrons. The highest BCUT2D eigenvalue weighted by Gasteiger charge is 2.28. The number of hydrogen-bond donors (Lipinski definition) is 0. The van der Waals surface area contributed by atoms with Crippen molar-refractivity contribution >= 4 is 11.8 Å². The largest absolute Gasteiger partial charge is 0.451 e. The molecule has 1 saturated carbocycles. The van der Waals surface area contributed by atoms with Gasteiger partial charge in [0.2, 0.25) is 0 Å². The van der Waals surface area contributed by atoms with Crippen molar-refractivity contribution in [1.29, 1.82) is 0 Å². The molecule has 0 unspecified atom stereocenters. The van der Waals surface area contributed by atoms with E-state index in [0.717, 1.165) is 25.7 Å². The second-order valence-electron chi connectivity index (χ2n) is 4.34. The predicted octanol–water partition coefficient (Wildman–Crippen LogP) is 3.85. The molecule has 0 heterocycles. The molecular formula is C13H16FNO2. The molecule has 0 aromatic heterocycles. The van der Waals surface area contributed by atoms with E-state index in [1.807, 2.05) is 18.2 Å². The van der Waals surface area contributed by atoms with E-state index in [1.165, 1.54) is 11.3 Å². The summed E-state index contributed by atoms with van der Waals surface area (Å²) in [4.78, 5) is 16.4. The molecule has 17 heavy (non-hydrogen) atoms. The van der Waals surface area contributed by atoms with Gasteiger partial charge in [-0.2, -0.15) is 0 Å². The topological polar surface area (TPSA) is 29.5 Å². The highest BCUT2D eigenvalue weighted by molar-refractivity contribution is 5.87. The molecule has 0 bridgehead atoms. The average Bonchev–Trinajstić information content (AvgIpc) is 2.41. The zero-order valence-electron chi connectivity index (χ0n) is 9.64. The van der Waals surface area contributed by atoms with Crippen LogP contribution in [0.4, 0.5) is 15.0 Å². The number of carbonyl (C=O) groups is 1. The fourth-order valence-electron chi connectivity index (χ4n) is 2.43. The van der Waals surface area contributed by atoms with Crippen LogP contribution in [0.3, 0.4) is 0 Å². The molecule has 0 radical (unpaired) electrons. The predicted molar refractivity (Wildman–Crippen MR) is 63.4 cm³/mol. The molecular weight excluding hydrogens is 221 g/mol. The lowest BCUT2D eigenvalue weighted by Gasteiger charge is -2.32. The van der Waals surface area contributed by atoms with Crippen LogP contribution >= 0.6 is 0 Å². The van der Waals surface area contributed by atoms with Crippen LogP contribution < -0.4 is 4.90 Å². The lowest BCUT2D eigenvalue weighted by molar-refractivity contribution is -0.0595. The third-order valence-corrected chi connectivity index (χ3v) is 3.24. The van der Waals surface area contributed by atoms with Crippen molar-refractivity contribution in [1.82, 2.24) is 0 Å². The monoisotopic (exact) mass is 237 g/mol. The molecule has 1 aliphatic carbocycles. The van der Waals surface area contributed by atoms with E-state index in [2.05, 4.69) is 4.94 Å². The van der Waals surface area contributed by atoms with Gasteiger partial charge in [-0.25, -0.2) is 9.74 Å². The summed E-state index contributed by atoms with van der Waals surface area (Å²) in [5.74, 6) is 0. The number of hydrogen-bond acceptors (Lipinski definition) is 2. The fraction of sp³-hybridized carbons (Fsp3) is 0.462. The van der Waals surface area contributed by atoms with E-state index in [-0.39, 0.29) is 6.04 Å². The molecule has 2 rings (SSSR count). The van der Waals surface area contributed by atoms with E-state index in [1.54, 1.807) is 12.1 Å². The molecule has 4 heteroatoms. The van der Waals surface area contributed by atoms with Gasteiger partial charge in [-0.3, -0.25) is 4.90 Å². The lowest BCUT2D eigenvalue weighted by Crippen LogP contribution is -2.41. The number of rotatable bonds is 2. The van der Waals surface area contributed by atoms with Gasteiger partial charge in [-0.05, 0) is 25.0 Å². The van der Waals surface area contributed by atoms with Gasteiger partial charge in [0.15, 0.2) is 0 Å². The maximum absolute atomic E-state index is 12.2. The van der Waals surface area contributed by atoms with Crippen molar-refractivity contribution in [3.05, 3.63) is 30.3 Å². The minimum atomic E-state index is -0.914.